The van der Waals surface area contributed by atoms with E-state index in [1.807, 2.05) is 18.2 Å². The van der Waals surface area contributed by atoms with E-state index in [-0.39, 0.29) is 11.7 Å². The molecule has 0 unspecified atom stereocenters. The Bertz CT molecular complexity index is 1050. The van der Waals surface area contributed by atoms with Gasteiger partial charge in [0.25, 0.3) is 0 Å². The van der Waals surface area contributed by atoms with Crippen LogP contribution in [0.1, 0.15) is 42.4 Å². The van der Waals surface area contributed by atoms with E-state index in [1.54, 1.807) is 18.2 Å². The van der Waals surface area contributed by atoms with Crippen molar-refractivity contribution in [1.82, 2.24) is 4.90 Å². The Labute approximate surface area is 219 Å². The van der Waals surface area contributed by atoms with Crippen molar-refractivity contribution in [2.75, 3.05) is 59.0 Å². The molecule has 3 rings (SSSR count). The third-order valence-corrected chi connectivity index (χ3v) is 8.30. The first-order valence-corrected chi connectivity index (χ1v) is 14.4. The number of ether oxygens (including phenoxy) is 3. The fraction of sp³-hybridized carbons (Fsp3) is 0.538. The largest absolute Gasteiger partial charge is 0.379 e. The highest BCUT2D eigenvalue weighted by molar-refractivity contribution is 7.91. The van der Waals surface area contributed by atoms with Crippen molar-refractivity contribution >= 4 is 33.0 Å². The van der Waals surface area contributed by atoms with Gasteiger partial charge in [-0.05, 0) is 60.8 Å². The molecule has 1 aliphatic heterocycles. The van der Waals surface area contributed by atoms with Gasteiger partial charge in [-0.1, -0.05) is 42.3 Å². The van der Waals surface area contributed by atoms with E-state index < -0.39 is 9.84 Å². The summed E-state index contributed by atoms with van der Waals surface area (Å²) >= 11 is 12.7. The molecular weight excluding hydrogens is 509 g/mol. The fourth-order valence-electron chi connectivity index (χ4n) is 4.19. The zero-order chi connectivity index (χ0) is 25.3. The summed E-state index contributed by atoms with van der Waals surface area (Å²) in [4.78, 5) is 2.54. The number of halogens is 2. The first kappa shape index (κ1) is 28.4. The lowest BCUT2D eigenvalue weighted by atomic mass is 9.85. The Morgan fingerprint density at radius 1 is 0.943 bits per heavy atom. The summed E-state index contributed by atoms with van der Waals surface area (Å²) < 4.78 is 41.8. The van der Waals surface area contributed by atoms with E-state index in [0.717, 1.165) is 42.8 Å². The molecule has 0 aromatic heterocycles. The number of sulfone groups is 1. The molecule has 1 atom stereocenters. The quantitative estimate of drug-likeness (QED) is 0.305. The van der Waals surface area contributed by atoms with Gasteiger partial charge in [-0.3, -0.25) is 0 Å². The number of benzene rings is 2. The number of rotatable bonds is 14. The molecule has 0 aliphatic carbocycles. The molecule has 1 aliphatic rings. The summed E-state index contributed by atoms with van der Waals surface area (Å²) in [6.07, 6.45) is 1.43. The second kappa shape index (κ2) is 13.9. The van der Waals surface area contributed by atoms with Crippen molar-refractivity contribution in [3.8, 4) is 0 Å². The van der Waals surface area contributed by atoms with Crippen LogP contribution in [0.15, 0.2) is 41.3 Å². The van der Waals surface area contributed by atoms with Gasteiger partial charge in [0.05, 0.1) is 37.1 Å². The number of likely N-dealkylation sites (N-methyl/N-ethyl adjacent to an activating group) is 1. The second-order valence-corrected chi connectivity index (χ2v) is 11.7. The lowest BCUT2D eigenvalue weighted by molar-refractivity contribution is 0.0149. The van der Waals surface area contributed by atoms with E-state index in [4.69, 9.17) is 37.4 Å². The van der Waals surface area contributed by atoms with Crippen molar-refractivity contribution in [1.29, 1.82) is 0 Å². The highest BCUT2D eigenvalue weighted by atomic mass is 35.5. The molecule has 0 saturated heterocycles. The van der Waals surface area contributed by atoms with Crippen LogP contribution in [-0.2, 0) is 30.6 Å². The predicted octanol–water partition coefficient (Wildman–Crippen LogP) is 5.19. The summed E-state index contributed by atoms with van der Waals surface area (Å²) in [6.45, 7) is 6.78. The van der Waals surface area contributed by atoms with Gasteiger partial charge in [0.2, 0.25) is 0 Å². The molecule has 0 spiro atoms. The summed E-state index contributed by atoms with van der Waals surface area (Å²) in [5, 5.41) is 1.27. The Morgan fingerprint density at radius 3 is 2.23 bits per heavy atom. The molecule has 0 radical (unpaired) electrons. The molecular formula is C26H35Cl2NO5S. The Hall–Kier alpha value is -1.19. The zero-order valence-corrected chi connectivity index (χ0v) is 22.8. The third-order valence-electron chi connectivity index (χ3n) is 5.93. The second-order valence-electron chi connectivity index (χ2n) is 8.78. The van der Waals surface area contributed by atoms with E-state index >= 15 is 0 Å². The van der Waals surface area contributed by atoms with Gasteiger partial charge in [0.15, 0.2) is 9.84 Å². The van der Waals surface area contributed by atoms with Crippen LogP contribution in [0, 0.1) is 0 Å². The van der Waals surface area contributed by atoms with Gasteiger partial charge in [-0.15, -0.1) is 0 Å². The molecule has 2 aromatic carbocycles. The molecule has 194 valence electrons. The smallest absolute Gasteiger partial charge is 0.178 e. The first-order chi connectivity index (χ1) is 16.8. The van der Waals surface area contributed by atoms with Gasteiger partial charge >= 0.3 is 0 Å². The standard InChI is InChI=1S/C26H35Cl2NO5S/c1-3-9-32-11-13-34-14-12-33-10-4-15-35(30,31)22-7-5-20(6-8-22)24-18-29(2)19-25-23(24)16-21(27)17-26(25)28/h5-8,16-17,24H,3-4,9-15,18-19H2,1-2H3/t24-/m0/s1. The minimum atomic E-state index is -3.38. The van der Waals surface area contributed by atoms with Crippen LogP contribution in [0.3, 0.4) is 0 Å². The number of fused-ring (bicyclic) bond motifs is 1. The molecule has 35 heavy (non-hydrogen) atoms. The maximum atomic E-state index is 12.8. The first-order valence-electron chi connectivity index (χ1n) is 12.0. The summed E-state index contributed by atoms with van der Waals surface area (Å²) in [6, 6.07) is 10.9. The van der Waals surface area contributed by atoms with Crippen LogP contribution < -0.4 is 0 Å². The van der Waals surface area contributed by atoms with Gasteiger partial charge < -0.3 is 19.1 Å². The predicted molar refractivity (Wildman–Crippen MR) is 140 cm³/mol. The summed E-state index contributed by atoms with van der Waals surface area (Å²) in [5.74, 6) is 0.115. The zero-order valence-electron chi connectivity index (χ0n) is 20.5. The van der Waals surface area contributed by atoms with Crippen LogP contribution in [-0.4, -0.2) is 72.3 Å². The summed E-state index contributed by atoms with van der Waals surface area (Å²) in [5.41, 5.74) is 3.21. The van der Waals surface area contributed by atoms with Crippen LogP contribution in [0.25, 0.3) is 0 Å². The van der Waals surface area contributed by atoms with Crippen LogP contribution in [0.5, 0.6) is 0 Å². The highest BCUT2D eigenvalue weighted by Gasteiger charge is 2.27. The van der Waals surface area contributed by atoms with E-state index in [9.17, 15) is 8.42 Å². The minimum absolute atomic E-state index is 0.0400. The molecule has 2 aromatic rings. The average molecular weight is 545 g/mol. The SMILES string of the molecule is CCCOCCOCCOCCCS(=O)(=O)c1ccc([C@@H]2CN(C)Cc3c(Cl)cc(Cl)cc32)cc1. The van der Waals surface area contributed by atoms with Crippen molar-refractivity contribution in [2.24, 2.45) is 0 Å². The Kier molecular flexibility index (Phi) is 11.3. The molecule has 0 fully saturated rings. The molecule has 9 heteroatoms. The molecule has 0 saturated carbocycles. The van der Waals surface area contributed by atoms with Gasteiger partial charge in [-0.25, -0.2) is 8.42 Å². The minimum Gasteiger partial charge on any atom is -0.379 e. The molecule has 1 heterocycles. The van der Waals surface area contributed by atoms with Crippen molar-refractivity contribution in [3.63, 3.8) is 0 Å². The molecule has 6 nitrogen and oxygen atoms in total. The van der Waals surface area contributed by atoms with Crippen molar-refractivity contribution in [2.45, 2.75) is 37.1 Å². The van der Waals surface area contributed by atoms with Crippen LogP contribution >= 0.6 is 23.2 Å². The fourth-order valence-corrected chi connectivity index (χ4v) is 6.05. The third kappa shape index (κ3) is 8.42. The lowest BCUT2D eigenvalue weighted by Crippen LogP contribution is -2.31. The van der Waals surface area contributed by atoms with E-state index in [1.165, 1.54) is 0 Å². The van der Waals surface area contributed by atoms with Crippen LogP contribution in [0.2, 0.25) is 10.0 Å². The summed E-state index contributed by atoms with van der Waals surface area (Å²) in [7, 11) is -1.33. The van der Waals surface area contributed by atoms with Gasteiger partial charge in [0, 0.05) is 42.3 Å². The van der Waals surface area contributed by atoms with Crippen LogP contribution in [0.4, 0.5) is 0 Å². The maximum absolute atomic E-state index is 12.8. The number of hydrogen-bond donors (Lipinski definition) is 0. The normalized spacial score (nSPS) is 16.4. The highest BCUT2D eigenvalue weighted by Crippen LogP contribution is 2.38. The molecule has 0 amide bonds. The van der Waals surface area contributed by atoms with E-state index in [2.05, 4.69) is 18.9 Å². The maximum Gasteiger partial charge on any atom is 0.178 e. The van der Waals surface area contributed by atoms with Gasteiger partial charge in [0.1, 0.15) is 0 Å². The van der Waals surface area contributed by atoms with Crippen molar-refractivity contribution < 1.29 is 22.6 Å². The monoisotopic (exact) mass is 543 g/mol. The molecule has 0 bridgehead atoms. The Balaban J connectivity index is 1.49. The van der Waals surface area contributed by atoms with Gasteiger partial charge in [-0.2, -0.15) is 0 Å². The average Bonchev–Trinajstić information content (AvgIpc) is 2.83. The van der Waals surface area contributed by atoms with Crippen molar-refractivity contribution in [3.05, 3.63) is 63.1 Å². The lowest BCUT2D eigenvalue weighted by Gasteiger charge is -2.33. The van der Waals surface area contributed by atoms with E-state index in [0.29, 0.717) is 54.4 Å². The number of hydrogen-bond acceptors (Lipinski definition) is 6. The number of nitrogens with zero attached hydrogens (tertiary/aromatic N) is 1. The molecule has 0 N–H and O–H groups in total. The Morgan fingerprint density at radius 2 is 1.57 bits per heavy atom. The topological polar surface area (TPSA) is 65.1 Å².